The van der Waals surface area contributed by atoms with Gasteiger partial charge in [0.05, 0.1) is 12.6 Å². The van der Waals surface area contributed by atoms with Crippen molar-refractivity contribution in [3.8, 4) is 5.75 Å². The van der Waals surface area contributed by atoms with Crippen molar-refractivity contribution in [2.45, 2.75) is 6.92 Å². The Balaban J connectivity index is 2.91. The molecule has 0 saturated heterocycles. The van der Waals surface area contributed by atoms with Gasteiger partial charge in [0.1, 0.15) is 5.75 Å². The van der Waals surface area contributed by atoms with Crippen molar-refractivity contribution in [3.05, 3.63) is 40.2 Å². The van der Waals surface area contributed by atoms with Gasteiger partial charge in [0.2, 0.25) is 0 Å². The van der Waals surface area contributed by atoms with Gasteiger partial charge in [-0.25, -0.2) is 0 Å². The second-order valence-electron chi connectivity index (χ2n) is 3.61. The molecule has 3 heteroatoms. The summed E-state index contributed by atoms with van der Waals surface area (Å²) < 4.78 is 6.77. The summed E-state index contributed by atoms with van der Waals surface area (Å²) in [4.78, 5) is 11.6. The first-order valence-electron chi connectivity index (χ1n) is 4.78. The molecule has 0 amide bonds. The molecule has 1 heterocycles. The highest BCUT2D eigenvalue weighted by atomic mass is 16.5. The SMILES string of the molecule is COc1ccc2c(C)cc(=O)n(C)c2c1. The van der Waals surface area contributed by atoms with E-state index in [4.69, 9.17) is 4.74 Å². The third kappa shape index (κ3) is 1.50. The van der Waals surface area contributed by atoms with E-state index in [1.54, 1.807) is 24.8 Å². The second-order valence-corrected chi connectivity index (χ2v) is 3.61. The van der Waals surface area contributed by atoms with Crippen LogP contribution in [0.3, 0.4) is 0 Å². The van der Waals surface area contributed by atoms with Crippen LogP contribution in [0.2, 0.25) is 0 Å². The molecule has 0 aliphatic heterocycles. The lowest BCUT2D eigenvalue weighted by atomic mass is 10.1. The summed E-state index contributed by atoms with van der Waals surface area (Å²) >= 11 is 0. The lowest BCUT2D eigenvalue weighted by Gasteiger charge is -2.08. The molecule has 0 aliphatic rings. The Bertz CT molecular complexity index is 570. The fourth-order valence-corrected chi connectivity index (χ4v) is 1.73. The zero-order chi connectivity index (χ0) is 11.0. The molecular formula is C12H13NO2. The van der Waals surface area contributed by atoms with Crippen LogP contribution in [0.5, 0.6) is 5.75 Å². The van der Waals surface area contributed by atoms with Crippen molar-refractivity contribution < 1.29 is 4.74 Å². The Labute approximate surface area is 87.9 Å². The predicted octanol–water partition coefficient (Wildman–Crippen LogP) is 1.86. The lowest BCUT2D eigenvalue weighted by Crippen LogP contribution is -2.16. The van der Waals surface area contributed by atoms with Gasteiger partial charge in [-0.1, -0.05) is 0 Å². The molecule has 0 aliphatic carbocycles. The van der Waals surface area contributed by atoms with Gasteiger partial charge in [-0.3, -0.25) is 4.79 Å². The summed E-state index contributed by atoms with van der Waals surface area (Å²) in [6.45, 7) is 1.94. The van der Waals surface area contributed by atoms with Crippen LogP contribution in [0, 0.1) is 6.92 Å². The minimum absolute atomic E-state index is 0.00764. The van der Waals surface area contributed by atoms with E-state index in [1.807, 2.05) is 25.1 Å². The number of rotatable bonds is 1. The van der Waals surface area contributed by atoms with Crippen molar-refractivity contribution in [3.63, 3.8) is 0 Å². The third-order valence-corrected chi connectivity index (χ3v) is 2.66. The lowest BCUT2D eigenvalue weighted by molar-refractivity contribution is 0.415. The van der Waals surface area contributed by atoms with Crippen LogP contribution in [0.15, 0.2) is 29.1 Å². The third-order valence-electron chi connectivity index (χ3n) is 2.66. The fourth-order valence-electron chi connectivity index (χ4n) is 1.73. The first kappa shape index (κ1) is 9.77. The van der Waals surface area contributed by atoms with E-state index in [2.05, 4.69) is 0 Å². The molecule has 2 rings (SSSR count). The highest BCUT2D eigenvalue weighted by Crippen LogP contribution is 2.21. The number of aryl methyl sites for hydroxylation is 2. The van der Waals surface area contributed by atoms with E-state index >= 15 is 0 Å². The van der Waals surface area contributed by atoms with E-state index in [-0.39, 0.29) is 5.56 Å². The van der Waals surface area contributed by atoms with Crippen molar-refractivity contribution in [2.24, 2.45) is 7.05 Å². The molecule has 0 saturated carbocycles. The van der Waals surface area contributed by atoms with Gasteiger partial charge < -0.3 is 9.30 Å². The van der Waals surface area contributed by atoms with Crippen LogP contribution in [-0.4, -0.2) is 11.7 Å². The summed E-state index contributed by atoms with van der Waals surface area (Å²) in [6, 6.07) is 7.40. The minimum atomic E-state index is 0.00764. The molecule has 78 valence electrons. The van der Waals surface area contributed by atoms with Crippen LogP contribution in [0.4, 0.5) is 0 Å². The fraction of sp³-hybridized carbons (Fsp3) is 0.250. The molecule has 1 aromatic carbocycles. The quantitative estimate of drug-likeness (QED) is 0.708. The van der Waals surface area contributed by atoms with Crippen molar-refractivity contribution >= 4 is 10.9 Å². The molecule has 0 radical (unpaired) electrons. The van der Waals surface area contributed by atoms with Crippen LogP contribution in [0.25, 0.3) is 10.9 Å². The summed E-state index contributed by atoms with van der Waals surface area (Å²) in [5.41, 5.74) is 1.91. The highest BCUT2D eigenvalue weighted by molar-refractivity contribution is 5.83. The average molecular weight is 203 g/mol. The van der Waals surface area contributed by atoms with Gasteiger partial charge >= 0.3 is 0 Å². The van der Waals surface area contributed by atoms with E-state index in [0.717, 1.165) is 22.2 Å². The molecular weight excluding hydrogens is 190 g/mol. The largest absolute Gasteiger partial charge is 0.497 e. The van der Waals surface area contributed by atoms with Crippen LogP contribution in [-0.2, 0) is 7.05 Å². The molecule has 0 unspecified atom stereocenters. The molecule has 0 atom stereocenters. The Morgan fingerprint density at radius 1 is 1.27 bits per heavy atom. The monoisotopic (exact) mass is 203 g/mol. The Kier molecular flexibility index (Phi) is 2.23. The number of fused-ring (bicyclic) bond motifs is 1. The Morgan fingerprint density at radius 2 is 2.00 bits per heavy atom. The predicted molar refractivity (Wildman–Crippen MR) is 60.5 cm³/mol. The van der Waals surface area contributed by atoms with E-state index in [0.29, 0.717) is 0 Å². The van der Waals surface area contributed by atoms with Crippen LogP contribution >= 0.6 is 0 Å². The van der Waals surface area contributed by atoms with E-state index in [1.165, 1.54) is 0 Å². The molecule has 3 nitrogen and oxygen atoms in total. The molecule has 2 aromatic rings. The molecule has 1 aromatic heterocycles. The maximum Gasteiger partial charge on any atom is 0.251 e. The maximum atomic E-state index is 11.6. The van der Waals surface area contributed by atoms with Crippen LogP contribution < -0.4 is 10.3 Å². The number of methoxy groups -OCH3 is 1. The Morgan fingerprint density at radius 3 is 2.67 bits per heavy atom. The second kappa shape index (κ2) is 3.42. The molecule has 0 bridgehead atoms. The van der Waals surface area contributed by atoms with E-state index < -0.39 is 0 Å². The van der Waals surface area contributed by atoms with Gasteiger partial charge in [-0.15, -0.1) is 0 Å². The zero-order valence-electron chi connectivity index (χ0n) is 9.07. The van der Waals surface area contributed by atoms with Gasteiger partial charge in [0.15, 0.2) is 0 Å². The summed E-state index contributed by atoms with van der Waals surface area (Å²) in [5, 5.41) is 1.08. The van der Waals surface area contributed by atoms with Gasteiger partial charge in [0, 0.05) is 24.6 Å². The number of hydrogen-bond donors (Lipinski definition) is 0. The van der Waals surface area contributed by atoms with Crippen molar-refractivity contribution in [1.29, 1.82) is 0 Å². The first-order valence-corrected chi connectivity index (χ1v) is 4.78. The normalized spacial score (nSPS) is 10.6. The summed E-state index contributed by atoms with van der Waals surface area (Å²) in [7, 11) is 3.39. The zero-order valence-corrected chi connectivity index (χ0v) is 9.07. The Hall–Kier alpha value is -1.77. The summed E-state index contributed by atoms with van der Waals surface area (Å²) in [5.74, 6) is 0.767. The molecule has 0 N–H and O–H groups in total. The number of aromatic nitrogens is 1. The molecule has 15 heavy (non-hydrogen) atoms. The highest BCUT2D eigenvalue weighted by Gasteiger charge is 2.04. The number of hydrogen-bond acceptors (Lipinski definition) is 2. The van der Waals surface area contributed by atoms with Crippen molar-refractivity contribution in [2.75, 3.05) is 7.11 Å². The molecule has 0 spiro atoms. The molecule has 0 fully saturated rings. The van der Waals surface area contributed by atoms with Crippen molar-refractivity contribution in [1.82, 2.24) is 4.57 Å². The number of benzene rings is 1. The van der Waals surface area contributed by atoms with Gasteiger partial charge in [0.25, 0.3) is 5.56 Å². The van der Waals surface area contributed by atoms with E-state index in [9.17, 15) is 4.79 Å². The van der Waals surface area contributed by atoms with Gasteiger partial charge in [-0.05, 0) is 24.6 Å². The smallest absolute Gasteiger partial charge is 0.251 e. The number of nitrogens with zero attached hydrogens (tertiary/aromatic N) is 1. The first-order chi connectivity index (χ1) is 7.13. The standard InChI is InChI=1S/C12H13NO2/c1-8-6-12(14)13(2)11-7-9(15-3)4-5-10(8)11/h4-7H,1-3H3. The van der Waals surface area contributed by atoms with Gasteiger partial charge in [-0.2, -0.15) is 0 Å². The van der Waals surface area contributed by atoms with Crippen LogP contribution in [0.1, 0.15) is 5.56 Å². The number of pyridine rings is 1. The average Bonchev–Trinajstić information content (AvgIpc) is 2.25. The maximum absolute atomic E-state index is 11.6. The topological polar surface area (TPSA) is 31.2 Å². The summed E-state index contributed by atoms with van der Waals surface area (Å²) in [6.07, 6.45) is 0. The minimum Gasteiger partial charge on any atom is -0.497 e. The number of ether oxygens (including phenoxy) is 1.